The van der Waals surface area contributed by atoms with E-state index in [1.165, 1.54) is 23.7 Å². The Hall–Kier alpha value is -2.02. The van der Waals surface area contributed by atoms with Gasteiger partial charge in [0.1, 0.15) is 0 Å². The Morgan fingerprint density at radius 2 is 1.92 bits per heavy atom. The predicted octanol–water partition coefficient (Wildman–Crippen LogP) is 1.92. The van der Waals surface area contributed by atoms with Gasteiger partial charge in [0.15, 0.2) is 5.16 Å². The van der Waals surface area contributed by atoms with Crippen LogP contribution in [-0.4, -0.2) is 44.4 Å². The maximum Gasteiger partial charge on any atom is 0.343 e. The number of rotatable bonds is 6. The average Bonchev–Trinajstić information content (AvgIpc) is 2.99. The molecule has 1 saturated heterocycles. The predicted molar refractivity (Wildman–Crippen MR) is 94.1 cm³/mol. The average molecular weight is 346 g/mol. The first kappa shape index (κ1) is 16.8. The molecule has 1 aliphatic heterocycles. The van der Waals surface area contributed by atoms with Gasteiger partial charge in [0.05, 0.1) is 5.75 Å². The first-order valence-electron chi connectivity index (χ1n) is 8.34. The fourth-order valence-electron chi connectivity index (χ4n) is 2.86. The van der Waals surface area contributed by atoms with Crippen LogP contribution in [0.4, 0.5) is 0 Å². The number of H-pyrrole nitrogens is 1. The maximum absolute atomic E-state index is 12.2. The van der Waals surface area contributed by atoms with Gasteiger partial charge in [0.2, 0.25) is 5.91 Å². The molecule has 3 rings (SSSR count). The van der Waals surface area contributed by atoms with Crippen LogP contribution in [0.25, 0.3) is 0 Å². The molecule has 0 radical (unpaired) electrons. The molecule has 24 heavy (non-hydrogen) atoms. The van der Waals surface area contributed by atoms with Crippen LogP contribution in [0.2, 0.25) is 0 Å². The number of likely N-dealkylation sites (tertiary alicyclic amines) is 1. The highest BCUT2D eigenvalue weighted by Gasteiger charge is 2.18. The highest BCUT2D eigenvalue weighted by Crippen LogP contribution is 2.16. The van der Waals surface area contributed by atoms with Gasteiger partial charge >= 0.3 is 5.69 Å². The lowest BCUT2D eigenvalue weighted by Gasteiger charge is -2.26. The fraction of sp³-hybridized carbons (Fsp3) is 0.471. The lowest BCUT2D eigenvalue weighted by molar-refractivity contribution is -0.129. The van der Waals surface area contributed by atoms with Crippen LogP contribution in [-0.2, 0) is 17.8 Å². The molecular formula is C17H22N4O2S. The second-order valence-electron chi connectivity index (χ2n) is 5.93. The normalized spacial score (nSPS) is 14.8. The second-order valence-corrected chi connectivity index (χ2v) is 6.87. The molecule has 2 aromatic rings. The molecule has 7 heteroatoms. The minimum atomic E-state index is -0.223. The molecule has 6 nitrogen and oxygen atoms in total. The van der Waals surface area contributed by atoms with E-state index in [9.17, 15) is 9.59 Å². The summed E-state index contributed by atoms with van der Waals surface area (Å²) in [5, 5.41) is 7.14. The molecule has 2 heterocycles. The number of carbonyl (C=O) groups is 1. The van der Waals surface area contributed by atoms with Gasteiger partial charge in [0, 0.05) is 19.6 Å². The van der Waals surface area contributed by atoms with Crippen molar-refractivity contribution in [2.75, 3.05) is 18.8 Å². The van der Waals surface area contributed by atoms with Gasteiger partial charge in [-0.15, -0.1) is 5.10 Å². The summed E-state index contributed by atoms with van der Waals surface area (Å²) < 4.78 is 1.61. The van der Waals surface area contributed by atoms with Crippen molar-refractivity contribution in [3.63, 3.8) is 0 Å². The summed E-state index contributed by atoms with van der Waals surface area (Å²) in [5.41, 5.74) is 0.949. The van der Waals surface area contributed by atoms with Gasteiger partial charge in [-0.05, 0) is 31.2 Å². The molecule has 1 aromatic carbocycles. The summed E-state index contributed by atoms with van der Waals surface area (Å²) in [7, 11) is 0. The third-order valence-corrected chi connectivity index (χ3v) is 5.18. The number of piperidine rings is 1. The standard InChI is InChI=1S/C17H22N4O2S/c22-15(20-10-5-2-6-11-20)13-24-17-19-18-16(23)21(17)12-9-14-7-3-1-4-8-14/h1,3-4,7-8H,2,5-6,9-13H2,(H,18,23). The summed E-state index contributed by atoms with van der Waals surface area (Å²) in [6, 6.07) is 10.0. The summed E-state index contributed by atoms with van der Waals surface area (Å²) in [5.74, 6) is 0.458. The van der Waals surface area contributed by atoms with Crippen LogP contribution in [0.5, 0.6) is 0 Å². The van der Waals surface area contributed by atoms with Crippen molar-refractivity contribution < 1.29 is 4.79 Å². The van der Waals surface area contributed by atoms with Crippen LogP contribution < -0.4 is 5.69 Å². The highest BCUT2D eigenvalue weighted by atomic mass is 32.2. The Morgan fingerprint density at radius 1 is 1.17 bits per heavy atom. The first-order chi connectivity index (χ1) is 11.7. The number of hydrogen-bond donors (Lipinski definition) is 1. The number of thioether (sulfide) groups is 1. The quantitative estimate of drug-likeness (QED) is 0.811. The maximum atomic E-state index is 12.2. The zero-order valence-corrected chi connectivity index (χ0v) is 14.4. The zero-order valence-electron chi connectivity index (χ0n) is 13.6. The lowest BCUT2D eigenvalue weighted by atomic mass is 10.1. The van der Waals surface area contributed by atoms with E-state index in [2.05, 4.69) is 10.2 Å². The van der Waals surface area contributed by atoms with Gasteiger partial charge in [-0.3, -0.25) is 9.36 Å². The van der Waals surface area contributed by atoms with E-state index in [1.807, 2.05) is 35.2 Å². The molecule has 0 atom stereocenters. The molecular weight excluding hydrogens is 324 g/mol. The number of hydrogen-bond acceptors (Lipinski definition) is 4. The molecule has 0 unspecified atom stereocenters. The Bertz CT molecular complexity index is 720. The topological polar surface area (TPSA) is 71.0 Å². The minimum Gasteiger partial charge on any atom is -0.342 e. The number of benzene rings is 1. The van der Waals surface area contributed by atoms with E-state index in [0.717, 1.165) is 32.4 Å². The molecule has 1 amide bonds. The van der Waals surface area contributed by atoms with Crippen LogP contribution in [0, 0.1) is 0 Å². The molecule has 0 bridgehead atoms. The Balaban J connectivity index is 1.58. The van der Waals surface area contributed by atoms with Crippen molar-refractivity contribution in [3.05, 3.63) is 46.4 Å². The smallest absolute Gasteiger partial charge is 0.342 e. The number of aryl methyl sites for hydroxylation is 1. The van der Waals surface area contributed by atoms with Crippen molar-refractivity contribution >= 4 is 17.7 Å². The molecule has 1 N–H and O–H groups in total. The highest BCUT2D eigenvalue weighted by molar-refractivity contribution is 7.99. The lowest BCUT2D eigenvalue weighted by Crippen LogP contribution is -2.36. The number of aromatic amines is 1. The van der Waals surface area contributed by atoms with E-state index in [4.69, 9.17) is 0 Å². The van der Waals surface area contributed by atoms with Gasteiger partial charge in [-0.25, -0.2) is 9.89 Å². The number of nitrogens with zero attached hydrogens (tertiary/aromatic N) is 3. The summed E-state index contributed by atoms with van der Waals surface area (Å²) in [6.07, 6.45) is 4.13. The number of aromatic nitrogens is 3. The molecule has 0 aliphatic carbocycles. The Kier molecular flexibility index (Phi) is 5.74. The Morgan fingerprint density at radius 3 is 2.67 bits per heavy atom. The third-order valence-electron chi connectivity index (χ3n) is 4.22. The van der Waals surface area contributed by atoms with Gasteiger partial charge in [-0.2, -0.15) is 0 Å². The summed E-state index contributed by atoms with van der Waals surface area (Å²) >= 11 is 1.33. The fourth-order valence-corrected chi connectivity index (χ4v) is 3.73. The largest absolute Gasteiger partial charge is 0.343 e. The van der Waals surface area contributed by atoms with Crippen LogP contribution in [0.1, 0.15) is 24.8 Å². The zero-order chi connectivity index (χ0) is 16.8. The second kappa shape index (κ2) is 8.19. The van der Waals surface area contributed by atoms with Gasteiger partial charge < -0.3 is 4.90 Å². The molecule has 0 spiro atoms. The van der Waals surface area contributed by atoms with Crippen molar-refractivity contribution in [1.29, 1.82) is 0 Å². The number of carbonyl (C=O) groups excluding carboxylic acids is 1. The number of nitrogens with one attached hydrogen (secondary N) is 1. The van der Waals surface area contributed by atoms with E-state index >= 15 is 0 Å². The molecule has 1 fully saturated rings. The monoisotopic (exact) mass is 346 g/mol. The van der Waals surface area contributed by atoms with Crippen molar-refractivity contribution in [1.82, 2.24) is 19.7 Å². The molecule has 128 valence electrons. The van der Waals surface area contributed by atoms with Crippen LogP contribution in [0.3, 0.4) is 0 Å². The third kappa shape index (κ3) is 4.29. The minimum absolute atomic E-state index is 0.129. The summed E-state index contributed by atoms with van der Waals surface area (Å²) in [4.78, 5) is 26.1. The van der Waals surface area contributed by atoms with Crippen molar-refractivity contribution in [3.8, 4) is 0 Å². The Labute approximate surface area is 145 Å². The number of amides is 1. The molecule has 1 aromatic heterocycles. The van der Waals surface area contributed by atoms with Crippen molar-refractivity contribution in [2.24, 2.45) is 0 Å². The van der Waals surface area contributed by atoms with Crippen molar-refractivity contribution in [2.45, 2.75) is 37.4 Å². The molecule has 1 aliphatic rings. The summed E-state index contributed by atoms with van der Waals surface area (Å²) in [6.45, 7) is 2.25. The van der Waals surface area contributed by atoms with Crippen LogP contribution >= 0.6 is 11.8 Å². The SMILES string of the molecule is O=C(CSc1n[nH]c(=O)n1CCc1ccccc1)N1CCCCC1. The van der Waals surface area contributed by atoms with Crippen LogP contribution in [0.15, 0.2) is 40.3 Å². The van der Waals surface area contributed by atoms with E-state index in [1.54, 1.807) is 4.57 Å². The van der Waals surface area contributed by atoms with E-state index < -0.39 is 0 Å². The van der Waals surface area contributed by atoms with Gasteiger partial charge in [0.25, 0.3) is 0 Å². The van der Waals surface area contributed by atoms with Gasteiger partial charge in [-0.1, -0.05) is 42.1 Å². The van der Waals surface area contributed by atoms with E-state index in [0.29, 0.717) is 17.5 Å². The van der Waals surface area contributed by atoms with E-state index in [-0.39, 0.29) is 11.6 Å². The molecule has 0 saturated carbocycles. The first-order valence-corrected chi connectivity index (χ1v) is 9.32.